The molecule has 2 N–H and O–H groups in total. The summed E-state index contributed by atoms with van der Waals surface area (Å²) in [5.74, 6) is -1.31. The van der Waals surface area contributed by atoms with E-state index >= 15 is 0 Å². The molecule has 1 fully saturated rings. The topological polar surface area (TPSA) is 51.4 Å². The van der Waals surface area contributed by atoms with Crippen LogP contribution in [0.5, 0.6) is 0 Å². The Morgan fingerprint density at radius 1 is 1.59 bits per heavy atom. The van der Waals surface area contributed by atoms with Crippen molar-refractivity contribution in [1.29, 1.82) is 0 Å². The van der Waals surface area contributed by atoms with Gasteiger partial charge in [0, 0.05) is 12.6 Å². The smallest absolute Gasteiger partial charge is 0.168 e. The second-order valence-electron chi connectivity index (χ2n) is 3.67. The van der Waals surface area contributed by atoms with Crippen molar-refractivity contribution >= 4 is 23.0 Å². The van der Waals surface area contributed by atoms with Crippen molar-refractivity contribution in [3.05, 3.63) is 23.9 Å². The molecule has 2 rings (SSSR count). The number of ether oxygens (including phenoxy) is 1. The molecule has 1 aromatic heterocycles. The number of hydrogen-bond donors (Lipinski definition) is 1. The van der Waals surface area contributed by atoms with Gasteiger partial charge in [0.2, 0.25) is 0 Å². The van der Waals surface area contributed by atoms with Crippen molar-refractivity contribution < 1.29 is 13.5 Å². The maximum atomic E-state index is 13.5. The van der Waals surface area contributed by atoms with E-state index in [9.17, 15) is 8.78 Å². The first-order valence-electron chi connectivity index (χ1n) is 5.05. The molecule has 92 valence electrons. The molecular formula is C10H11F2N3OS. The zero-order valence-electron chi connectivity index (χ0n) is 8.90. The van der Waals surface area contributed by atoms with Gasteiger partial charge in [-0.25, -0.2) is 13.8 Å². The number of rotatable bonds is 2. The molecule has 7 heteroatoms. The van der Waals surface area contributed by atoms with Crippen LogP contribution in [0.15, 0.2) is 12.3 Å². The summed E-state index contributed by atoms with van der Waals surface area (Å²) in [6, 6.07) is 0.799. The summed E-state index contributed by atoms with van der Waals surface area (Å²) in [4.78, 5) is 5.59. The van der Waals surface area contributed by atoms with Crippen LogP contribution in [-0.4, -0.2) is 35.8 Å². The average Bonchev–Trinajstić information content (AvgIpc) is 2.29. The van der Waals surface area contributed by atoms with Crippen molar-refractivity contribution in [3.63, 3.8) is 0 Å². The maximum Gasteiger partial charge on any atom is 0.168 e. The summed E-state index contributed by atoms with van der Waals surface area (Å²) in [5, 5.41) is 0. The lowest BCUT2D eigenvalue weighted by Crippen LogP contribution is -2.48. The Balaban J connectivity index is 2.19. The molecule has 1 aromatic rings. The first-order valence-corrected chi connectivity index (χ1v) is 5.45. The van der Waals surface area contributed by atoms with Crippen LogP contribution in [0.2, 0.25) is 0 Å². The number of nitrogens with zero attached hydrogens (tertiary/aromatic N) is 2. The van der Waals surface area contributed by atoms with E-state index in [0.717, 1.165) is 12.3 Å². The quantitative estimate of drug-likeness (QED) is 0.798. The van der Waals surface area contributed by atoms with Gasteiger partial charge in [0.25, 0.3) is 0 Å². The number of anilines is 1. The third-order valence-corrected chi connectivity index (χ3v) is 2.73. The van der Waals surface area contributed by atoms with Crippen LogP contribution in [0, 0.1) is 11.6 Å². The zero-order chi connectivity index (χ0) is 12.4. The summed E-state index contributed by atoms with van der Waals surface area (Å²) < 4.78 is 31.6. The lowest BCUT2D eigenvalue weighted by molar-refractivity contribution is 0.0841. The molecule has 0 radical (unpaired) electrons. The van der Waals surface area contributed by atoms with Gasteiger partial charge in [-0.15, -0.1) is 0 Å². The number of thiocarbonyl (C=S) groups is 1. The largest absolute Gasteiger partial charge is 0.391 e. The number of hydrogen-bond acceptors (Lipinski definition) is 4. The van der Waals surface area contributed by atoms with E-state index in [0.29, 0.717) is 19.7 Å². The van der Waals surface area contributed by atoms with Crippen molar-refractivity contribution in [3.8, 4) is 0 Å². The summed E-state index contributed by atoms with van der Waals surface area (Å²) in [7, 11) is 0. The SMILES string of the molecule is NC(=S)C1CN(c2ncc(F)cc2F)CCO1. The molecule has 0 bridgehead atoms. The second-order valence-corrected chi connectivity index (χ2v) is 4.14. The summed E-state index contributed by atoms with van der Waals surface area (Å²) in [6.45, 7) is 1.17. The zero-order valence-corrected chi connectivity index (χ0v) is 9.71. The van der Waals surface area contributed by atoms with Gasteiger partial charge in [-0.2, -0.15) is 0 Å². The van der Waals surface area contributed by atoms with E-state index in [2.05, 4.69) is 4.98 Å². The minimum Gasteiger partial charge on any atom is -0.391 e. The van der Waals surface area contributed by atoms with Gasteiger partial charge in [-0.3, -0.25) is 0 Å². The van der Waals surface area contributed by atoms with Crippen LogP contribution in [0.1, 0.15) is 0 Å². The first-order chi connectivity index (χ1) is 8.08. The molecule has 0 aromatic carbocycles. The Hall–Kier alpha value is -1.34. The van der Waals surface area contributed by atoms with Crippen molar-refractivity contribution in [2.75, 3.05) is 24.6 Å². The summed E-state index contributed by atoms with van der Waals surface area (Å²) >= 11 is 4.82. The van der Waals surface area contributed by atoms with Crippen LogP contribution in [0.25, 0.3) is 0 Å². The Kier molecular flexibility index (Phi) is 3.49. The predicted octanol–water partition coefficient (Wildman–Crippen LogP) is 0.851. The molecule has 17 heavy (non-hydrogen) atoms. The normalized spacial score (nSPS) is 20.4. The standard InChI is InChI=1S/C10H11F2N3OS/c11-6-3-7(12)10(14-4-6)15-1-2-16-8(5-15)9(13)17/h3-4,8H,1-2,5H2,(H2,13,17). The third-order valence-electron chi connectivity index (χ3n) is 2.47. The molecule has 0 saturated carbocycles. The molecule has 1 aliphatic heterocycles. The van der Waals surface area contributed by atoms with Crippen LogP contribution in [0.4, 0.5) is 14.6 Å². The van der Waals surface area contributed by atoms with Gasteiger partial charge < -0.3 is 15.4 Å². The van der Waals surface area contributed by atoms with Crippen LogP contribution < -0.4 is 10.6 Å². The highest BCUT2D eigenvalue weighted by atomic mass is 32.1. The van der Waals surface area contributed by atoms with E-state index in [1.165, 1.54) is 0 Å². The fourth-order valence-electron chi connectivity index (χ4n) is 1.65. The highest BCUT2D eigenvalue weighted by molar-refractivity contribution is 7.80. The molecule has 4 nitrogen and oxygen atoms in total. The van der Waals surface area contributed by atoms with Gasteiger partial charge in [-0.1, -0.05) is 12.2 Å². The predicted molar refractivity (Wildman–Crippen MR) is 62.9 cm³/mol. The summed E-state index contributed by atoms with van der Waals surface area (Å²) in [5.41, 5.74) is 5.48. The highest BCUT2D eigenvalue weighted by Gasteiger charge is 2.25. The third kappa shape index (κ3) is 2.67. The van der Waals surface area contributed by atoms with Crippen LogP contribution in [0.3, 0.4) is 0 Å². The Bertz CT molecular complexity index is 444. The van der Waals surface area contributed by atoms with Crippen molar-refractivity contribution in [2.45, 2.75) is 6.10 Å². The fourth-order valence-corrected chi connectivity index (χ4v) is 1.80. The minimum atomic E-state index is -0.703. The molecule has 1 saturated heterocycles. The van der Waals surface area contributed by atoms with E-state index in [1.54, 1.807) is 4.90 Å². The molecule has 1 aliphatic rings. The van der Waals surface area contributed by atoms with E-state index in [4.69, 9.17) is 22.7 Å². The molecule has 2 heterocycles. The van der Waals surface area contributed by atoms with E-state index < -0.39 is 17.7 Å². The van der Waals surface area contributed by atoms with Gasteiger partial charge in [0.15, 0.2) is 11.6 Å². The van der Waals surface area contributed by atoms with Gasteiger partial charge in [-0.05, 0) is 0 Å². The van der Waals surface area contributed by atoms with Crippen molar-refractivity contribution in [2.24, 2.45) is 5.73 Å². The maximum absolute atomic E-state index is 13.5. The van der Waals surface area contributed by atoms with Gasteiger partial charge >= 0.3 is 0 Å². The van der Waals surface area contributed by atoms with Crippen molar-refractivity contribution in [1.82, 2.24) is 4.98 Å². The first kappa shape index (κ1) is 12.1. The summed E-state index contributed by atoms with van der Waals surface area (Å²) in [6.07, 6.45) is 0.550. The Morgan fingerprint density at radius 2 is 2.35 bits per heavy atom. The van der Waals surface area contributed by atoms with Gasteiger partial charge in [0.1, 0.15) is 16.9 Å². The van der Waals surface area contributed by atoms with Crippen LogP contribution in [-0.2, 0) is 4.74 Å². The van der Waals surface area contributed by atoms with E-state index in [-0.39, 0.29) is 10.8 Å². The fraction of sp³-hybridized carbons (Fsp3) is 0.400. The molecule has 0 amide bonds. The Morgan fingerprint density at radius 3 is 3.00 bits per heavy atom. The molecule has 0 spiro atoms. The second kappa shape index (κ2) is 4.89. The van der Waals surface area contributed by atoms with E-state index in [1.807, 2.05) is 0 Å². The number of aromatic nitrogens is 1. The lowest BCUT2D eigenvalue weighted by Gasteiger charge is -2.33. The molecule has 1 atom stereocenters. The number of pyridine rings is 1. The highest BCUT2D eigenvalue weighted by Crippen LogP contribution is 2.19. The lowest BCUT2D eigenvalue weighted by atomic mass is 10.2. The number of nitrogens with two attached hydrogens (primary N) is 1. The number of halogens is 2. The molecule has 0 aliphatic carbocycles. The molecular weight excluding hydrogens is 248 g/mol. The van der Waals surface area contributed by atoms with Crippen LogP contribution >= 0.6 is 12.2 Å². The Labute approximate surface area is 102 Å². The van der Waals surface area contributed by atoms with Gasteiger partial charge in [0.05, 0.1) is 19.3 Å². The molecule has 1 unspecified atom stereocenters. The number of morpholine rings is 1. The average molecular weight is 259 g/mol. The monoisotopic (exact) mass is 259 g/mol. The minimum absolute atomic E-state index is 0.0935.